The monoisotopic (exact) mass is 301 g/mol. The zero-order valence-corrected chi connectivity index (χ0v) is 15.4. The standard InChI is InChI=1S/C11H17NO3.3C2H6/c1-5-8(3)10-7-11(13,15-12-10)9(4)14-6-2;3*1-2/h5,13H,4,6-7H2,1-3H3;3*1-2H3/b8-5+;;;. The molecule has 1 N–H and O–H groups in total. The number of aliphatic hydroxyl groups is 1. The molecule has 1 rings (SSSR count). The van der Waals surface area contributed by atoms with Crippen LogP contribution in [0.25, 0.3) is 0 Å². The van der Waals surface area contributed by atoms with Crippen LogP contribution in [-0.4, -0.2) is 23.2 Å². The first kappa shape index (κ1) is 24.7. The SMILES string of the molecule is C=C(OCC)C1(O)CC(/C(C)=C/C)=NO1.CC.CC.CC. The molecule has 1 atom stereocenters. The van der Waals surface area contributed by atoms with Crippen molar-refractivity contribution in [3.8, 4) is 0 Å². The van der Waals surface area contributed by atoms with Gasteiger partial charge in [-0.2, -0.15) is 0 Å². The highest BCUT2D eigenvalue weighted by Gasteiger charge is 2.41. The largest absolute Gasteiger partial charge is 0.492 e. The van der Waals surface area contributed by atoms with Gasteiger partial charge in [-0.25, -0.2) is 0 Å². The zero-order chi connectivity index (χ0) is 17.5. The molecule has 0 saturated carbocycles. The third-order valence-electron chi connectivity index (χ3n) is 2.36. The van der Waals surface area contributed by atoms with Gasteiger partial charge in [-0.3, -0.25) is 0 Å². The Bertz CT molecular complexity index is 322. The molecule has 126 valence electrons. The molecule has 4 nitrogen and oxygen atoms in total. The van der Waals surface area contributed by atoms with E-state index in [0.29, 0.717) is 6.61 Å². The molecule has 4 heteroatoms. The van der Waals surface area contributed by atoms with E-state index in [1.165, 1.54) is 0 Å². The van der Waals surface area contributed by atoms with Gasteiger partial charge in [0, 0.05) is 0 Å². The lowest BCUT2D eigenvalue weighted by molar-refractivity contribution is -0.181. The molecule has 1 aliphatic rings. The number of oxime groups is 1. The maximum atomic E-state index is 10.0. The number of hydrogen-bond donors (Lipinski definition) is 1. The lowest BCUT2D eigenvalue weighted by Gasteiger charge is -2.21. The summed E-state index contributed by atoms with van der Waals surface area (Å²) in [5, 5.41) is 13.8. The molecule has 0 aromatic heterocycles. The van der Waals surface area contributed by atoms with Crippen molar-refractivity contribution in [3.63, 3.8) is 0 Å². The summed E-state index contributed by atoms with van der Waals surface area (Å²) >= 11 is 0. The van der Waals surface area contributed by atoms with E-state index in [0.717, 1.165) is 11.3 Å². The average Bonchev–Trinajstić information content (AvgIpc) is 2.96. The number of ether oxygens (including phenoxy) is 1. The zero-order valence-electron chi connectivity index (χ0n) is 15.4. The summed E-state index contributed by atoms with van der Waals surface area (Å²) in [7, 11) is 0. The Morgan fingerprint density at radius 1 is 1.33 bits per heavy atom. The van der Waals surface area contributed by atoms with E-state index in [1.807, 2.05) is 68.4 Å². The smallest absolute Gasteiger partial charge is 0.297 e. The first-order chi connectivity index (χ1) is 10.0. The first-order valence-electron chi connectivity index (χ1n) is 7.96. The maximum absolute atomic E-state index is 10.0. The lowest BCUT2D eigenvalue weighted by atomic mass is 10.0. The predicted molar refractivity (Wildman–Crippen MR) is 92.3 cm³/mol. The number of allylic oxidation sites excluding steroid dienone is 2. The van der Waals surface area contributed by atoms with Crippen molar-refractivity contribution in [2.45, 2.75) is 74.5 Å². The molecule has 0 fully saturated rings. The summed E-state index contributed by atoms with van der Waals surface area (Å²) in [4.78, 5) is 4.97. The Hall–Kier alpha value is -1.29. The third-order valence-corrected chi connectivity index (χ3v) is 2.36. The molecule has 0 saturated heterocycles. The Kier molecular flexibility index (Phi) is 17.8. The number of rotatable bonds is 4. The molecule has 0 aromatic rings. The Labute approximate surface area is 131 Å². The van der Waals surface area contributed by atoms with Crippen molar-refractivity contribution in [1.29, 1.82) is 0 Å². The van der Waals surface area contributed by atoms with E-state index in [4.69, 9.17) is 9.57 Å². The fraction of sp³-hybridized carbons (Fsp3) is 0.706. The van der Waals surface area contributed by atoms with Gasteiger partial charge in [-0.1, -0.05) is 59.4 Å². The molecule has 0 spiro atoms. The van der Waals surface area contributed by atoms with Crippen molar-refractivity contribution in [2.75, 3.05) is 6.61 Å². The van der Waals surface area contributed by atoms with E-state index in [-0.39, 0.29) is 12.2 Å². The molecular weight excluding hydrogens is 266 g/mol. The van der Waals surface area contributed by atoms with Crippen molar-refractivity contribution in [1.82, 2.24) is 0 Å². The second kappa shape index (κ2) is 15.1. The van der Waals surface area contributed by atoms with Crippen molar-refractivity contribution in [3.05, 3.63) is 24.0 Å². The molecule has 0 radical (unpaired) electrons. The van der Waals surface area contributed by atoms with E-state index in [9.17, 15) is 5.11 Å². The first-order valence-corrected chi connectivity index (χ1v) is 7.96. The van der Waals surface area contributed by atoms with Crippen LogP contribution in [0.5, 0.6) is 0 Å². The minimum Gasteiger partial charge on any atom is -0.492 e. The van der Waals surface area contributed by atoms with Gasteiger partial charge in [-0.05, 0) is 26.3 Å². The lowest BCUT2D eigenvalue weighted by Crippen LogP contribution is -2.32. The van der Waals surface area contributed by atoms with Gasteiger partial charge in [0.2, 0.25) is 0 Å². The van der Waals surface area contributed by atoms with Crippen LogP contribution in [0.2, 0.25) is 0 Å². The topological polar surface area (TPSA) is 51.0 Å². The summed E-state index contributed by atoms with van der Waals surface area (Å²) in [6.45, 7) is 21.7. The highest BCUT2D eigenvalue weighted by atomic mass is 16.7. The molecule has 21 heavy (non-hydrogen) atoms. The van der Waals surface area contributed by atoms with Gasteiger partial charge in [-0.15, -0.1) is 0 Å². The van der Waals surface area contributed by atoms with Crippen LogP contribution >= 0.6 is 0 Å². The van der Waals surface area contributed by atoms with Crippen LogP contribution in [0.3, 0.4) is 0 Å². The van der Waals surface area contributed by atoms with Gasteiger partial charge in [0.15, 0.2) is 5.76 Å². The number of nitrogens with zero attached hydrogens (tertiary/aromatic N) is 1. The molecule has 0 aromatic carbocycles. The quantitative estimate of drug-likeness (QED) is 0.739. The van der Waals surface area contributed by atoms with Crippen LogP contribution in [0.4, 0.5) is 0 Å². The van der Waals surface area contributed by atoms with Crippen LogP contribution in [0, 0.1) is 0 Å². The van der Waals surface area contributed by atoms with Crippen molar-refractivity contribution < 1.29 is 14.7 Å². The van der Waals surface area contributed by atoms with Gasteiger partial charge < -0.3 is 14.7 Å². The van der Waals surface area contributed by atoms with Crippen molar-refractivity contribution in [2.24, 2.45) is 5.16 Å². The maximum Gasteiger partial charge on any atom is 0.297 e. The average molecular weight is 301 g/mol. The normalized spacial score (nSPS) is 19.3. The van der Waals surface area contributed by atoms with E-state index in [2.05, 4.69) is 11.7 Å². The van der Waals surface area contributed by atoms with Gasteiger partial charge in [0.05, 0.1) is 18.7 Å². The highest BCUT2D eigenvalue weighted by Crippen LogP contribution is 2.30. The Morgan fingerprint density at radius 2 is 1.81 bits per heavy atom. The highest BCUT2D eigenvalue weighted by molar-refractivity contribution is 6.00. The van der Waals surface area contributed by atoms with Crippen LogP contribution in [0.15, 0.2) is 29.1 Å². The minimum atomic E-state index is -1.50. The van der Waals surface area contributed by atoms with Gasteiger partial charge >= 0.3 is 0 Å². The predicted octanol–water partition coefficient (Wildman–Crippen LogP) is 5.05. The third kappa shape index (κ3) is 8.56. The van der Waals surface area contributed by atoms with Crippen LogP contribution < -0.4 is 0 Å². The van der Waals surface area contributed by atoms with Crippen molar-refractivity contribution >= 4 is 5.71 Å². The second-order valence-electron chi connectivity index (χ2n) is 3.42. The summed E-state index contributed by atoms with van der Waals surface area (Å²) in [5.41, 5.74) is 1.70. The Morgan fingerprint density at radius 3 is 2.19 bits per heavy atom. The fourth-order valence-electron chi connectivity index (χ4n) is 1.24. The summed E-state index contributed by atoms with van der Waals surface area (Å²) in [6.07, 6.45) is 2.19. The molecule has 1 unspecified atom stereocenters. The van der Waals surface area contributed by atoms with E-state index in [1.54, 1.807) is 0 Å². The van der Waals surface area contributed by atoms with Crippen LogP contribution in [0.1, 0.15) is 68.7 Å². The fourth-order valence-corrected chi connectivity index (χ4v) is 1.24. The molecular formula is C17H35NO3. The molecule has 0 bridgehead atoms. The summed E-state index contributed by atoms with van der Waals surface area (Å²) in [5.74, 6) is -1.30. The van der Waals surface area contributed by atoms with Crippen LogP contribution in [-0.2, 0) is 9.57 Å². The number of hydrogen-bond acceptors (Lipinski definition) is 4. The van der Waals surface area contributed by atoms with Gasteiger partial charge in [0.25, 0.3) is 5.79 Å². The summed E-state index contributed by atoms with van der Waals surface area (Å²) in [6, 6.07) is 0. The van der Waals surface area contributed by atoms with E-state index >= 15 is 0 Å². The van der Waals surface area contributed by atoms with Gasteiger partial charge in [0.1, 0.15) is 0 Å². The molecule has 0 amide bonds. The Balaban J connectivity index is -0.000000478. The van der Waals surface area contributed by atoms with E-state index < -0.39 is 5.79 Å². The second-order valence-corrected chi connectivity index (χ2v) is 3.42. The summed E-state index contributed by atoms with van der Waals surface area (Å²) < 4.78 is 5.13. The molecule has 0 aliphatic carbocycles. The molecule has 1 aliphatic heterocycles. The molecule has 1 heterocycles. The minimum absolute atomic E-state index is 0.202.